The van der Waals surface area contributed by atoms with E-state index in [1.165, 1.54) is 17.6 Å². The molecule has 1 aromatic carbocycles. The lowest BCUT2D eigenvalue weighted by atomic mass is 9.78. The van der Waals surface area contributed by atoms with Crippen molar-refractivity contribution in [2.45, 2.75) is 36.3 Å². The van der Waals surface area contributed by atoms with Gasteiger partial charge in [0.2, 0.25) is 5.91 Å². The topological polar surface area (TPSA) is 93.0 Å². The number of piperidine rings is 1. The van der Waals surface area contributed by atoms with Crippen molar-refractivity contribution in [1.29, 1.82) is 0 Å². The van der Waals surface area contributed by atoms with Crippen LogP contribution in [-0.4, -0.2) is 61.5 Å². The number of para-hydroxylation sites is 1. The summed E-state index contributed by atoms with van der Waals surface area (Å²) in [4.78, 5) is 15.4. The first-order chi connectivity index (χ1) is 17.0. The van der Waals surface area contributed by atoms with E-state index >= 15 is 0 Å². The van der Waals surface area contributed by atoms with Crippen LogP contribution in [0.15, 0.2) is 63.5 Å². The summed E-state index contributed by atoms with van der Waals surface area (Å²) in [7, 11) is -3.55. The van der Waals surface area contributed by atoms with Crippen molar-refractivity contribution >= 4 is 27.3 Å². The van der Waals surface area contributed by atoms with Gasteiger partial charge in [-0.2, -0.15) is 4.31 Å². The molecule has 0 bridgehead atoms. The van der Waals surface area contributed by atoms with Gasteiger partial charge in [-0.05, 0) is 55.4 Å². The van der Waals surface area contributed by atoms with Crippen molar-refractivity contribution in [3.8, 4) is 16.3 Å². The molecule has 2 aliphatic heterocycles. The van der Waals surface area contributed by atoms with Crippen LogP contribution < -0.4 is 4.74 Å². The summed E-state index contributed by atoms with van der Waals surface area (Å²) in [5.74, 6) is 0.968. The number of rotatable bonds is 8. The Kier molecular flexibility index (Phi) is 6.95. The predicted octanol–water partition coefficient (Wildman–Crippen LogP) is 4.27. The number of amides is 1. The zero-order chi connectivity index (χ0) is 24.3. The summed E-state index contributed by atoms with van der Waals surface area (Å²) in [6.45, 7) is 2.91. The molecule has 2 aliphatic rings. The quantitative estimate of drug-likeness (QED) is 0.416. The number of hydrogen-bond donors (Lipinski definition) is 0. The summed E-state index contributed by atoms with van der Waals surface area (Å²) in [5.41, 5.74) is 0.588. The number of hydrogen-bond acceptors (Lipinski definition) is 7. The van der Waals surface area contributed by atoms with Crippen LogP contribution in [0.4, 0.5) is 0 Å². The molecule has 35 heavy (non-hydrogen) atoms. The molecule has 0 radical (unpaired) electrons. The van der Waals surface area contributed by atoms with E-state index in [0.717, 1.165) is 29.9 Å². The van der Waals surface area contributed by atoms with Gasteiger partial charge < -0.3 is 14.2 Å². The van der Waals surface area contributed by atoms with Gasteiger partial charge in [0, 0.05) is 38.7 Å². The molecule has 4 heterocycles. The lowest BCUT2D eigenvalue weighted by Gasteiger charge is -2.39. The maximum Gasteiger partial charge on any atom is 0.252 e. The van der Waals surface area contributed by atoms with Crippen LogP contribution in [0.3, 0.4) is 0 Å². The molecular weight excluding hydrogens is 486 g/mol. The SMILES string of the molecule is O=C(CCCOc1ccccc1)N1CCC2(CC1)CCN(S(=O)(=O)c1ccc(-c3ccon3)s1)C2. The van der Waals surface area contributed by atoms with Crippen molar-refractivity contribution in [3.05, 3.63) is 54.8 Å². The van der Waals surface area contributed by atoms with E-state index in [-0.39, 0.29) is 11.3 Å². The third kappa shape index (κ3) is 5.29. The molecule has 0 N–H and O–H groups in total. The van der Waals surface area contributed by atoms with Crippen molar-refractivity contribution in [3.63, 3.8) is 0 Å². The molecule has 2 saturated heterocycles. The van der Waals surface area contributed by atoms with E-state index in [1.54, 1.807) is 22.5 Å². The normalized spacial score (nSPS) is 18.2. The summed E-state index contributed by atoms with van der Waals surface area (Å²) < 4.78 is 39.1. The van der Waals surface area contributed by atoms with Gasteiger partial charge in [-0.1, -0.05) is 23.4 Å². The number of benzene rings is 1. The highest BCUT2D eigenvalue weighted by Gasteiger charge is 2.45. The molecule has 0 atom stereocenters. The van der Waals surface area contributed by atoms with Crippen molar-refractivity contribution in [2.75, 3.05) is 32.8 Å². The molecule has 2 fully saturated rings. The first-order valence-corrected chi connectivity index (χ1v) is 14.2. The second-order valence-corrected chi connectivity index (χ2v) is 12.5. The lowest BCUT2D eigenvalue weighted by Crippen LogP contribution is -2.44. The van der Waals surface area contributed by atoms with Crippen LogP contribution in [0.25, 0.3) is 10.6 Å². The number of sulfonamides is 1. The zero-order valence-corrected chi connectivity index (χ0v) is 21.1. The Morgan fingerprint density at radius 2 is 1.83 bits per heavy atom. The summed E-state index contributed by atoms with van der Waals surface area (Å²) in [5, 5.41) is 3.89. The molecule has 0 aliphatic carbocycles. The summed E-state index contributed by atoms with van der Waals surface area (Å²) in [6.07, 6.45) is 5.12. The predicted molar refractivity (Wildman–Crippen MR) is 133 cm³/mol. The van der Waals surface area contributed by atoms with Gasteiger partial charge in [-0.25, -0.2) is 8.42 Å². The number of thiophene rings is 1. The minimum absolute atomic E-state index is 0.0491. The fraction of sp³-hybridized carbons (Fsp3) is 0.440. The minimum Gasteiger partial charge on any atom is -0.494 e. The smallest absolute Gasteiger partial charge is 0.252 e. The maximum absolute atomic E-state index is 13.3. The molecule has 1 amide bonds. The molecule has 0 unspecified atom stereocenters. The number of likely N-dealkylation sites (tertiary alicyclic amines) is 1. The second-order valence-electron chi connectivity index (χ2n) is 9.24. The Labute approximate surface area is 209 Å². The Morgan fingerprint density at radius 1 is 1.06 bits per heavy atom. The van der Waals surface area contributed by atoms with Crippen molar-refractivity contribution in [1.82, 2.24) is 14.4 Å². The van der Waals surface area contributed by atoms with Crippen molar-refractivity contribution < 1.29 is 22.5 Å². The third-order valence-electron chi connectivity index (χ3n) is 6.99. The van der Waals surface area contributed by atoms with Gasteiger partial charge in [-0.15, -0.1) is 11.3 Å². The molecule has 5 rings (SSSR count). The highest BCUT2D eigenvalue weighted by Crippen LogP contribution is 2.43. The number of nitrogens with zero attached hydrogens (tertiary/aromatic N) is 3. The van der Waals surface area contributed by atoms with Crippen LogP contribution in [0.5, 0.6) is 5.75 Å². The second kappa shape index (κ2) is 10.1. The van der Waals surface area contributed by atoms with E-state index in [9.17, 15) is 13.2 Å². The van der Waals surface area contributed by atoms with E-state index in [2.05, 4.69) is 5.16 Å². The third-order valence-corrected chi connectivity index (χ3v) is 10.4. The molecular formula is C25H29N3O5S2. The molecule has 1 spiro atoms. The molecule has 10 heteroatoms. The number of ether oxygens (including phenoxy) is 1. The Hall–Kier alpha value is -2.69. The molecule has 8 nitrogen and oxygen atoms in total. The van der Waals surface area contributed by atoms with E-state index < -0.39 is 10.0 Å². The largest absolute Gasteiger partial charge is 0.494 e. The first-order valence-electron chi connectivity index (χ1n) is 11.9. The van der Waals surface area contributed by atoms with Gasteiger partial charge in [0.25, 0.3) is 10.0 Å². The Bertz CT molecular complexity index is 1230. The molecule has 0 saturated carbocycles. The van der Waals surface area contributed by atoms with E-state index in [0.29, 0.717) is 55.5 Å². The lowest BCUT2D eigenvalue weighted by molar-refractivity contribution is -0.133. The first kappa shape index (κ1) is 24.0. The average molecular weight is 516 g/mol. The standard InChI is InChI=1S/C25H29N3O5S2/c29-23(7-4-17-32-20-5-2-1-3-6-20)27-14-11-25(12-15-27)13-16-28(19-25)35(30,31)24-9-8-22(34-24)21-10-18-33-26-21/h1-3,5-6,8-10,18H,4,7,11-17,19H2. The zero-order valence-electron chi connectivity index (χ0n) is 19.5. The fourth-order valence-electron chi connectivity index (χ4n) is 4.89. The summed E-state index contributed by atoms with van der Waals surface area (Å²) in [6, 6.07) is 14.8. The average Bonchev–Trinajstić information content (AvgIpc) is 3.64. The number of carbonyl (C=O) groups is 1. The van der Waals surface area contributed by atoms with Crippen LogP contribution in [0.1, 0.15) is 32.1 Å². The van der Waals surface area contributed by atoms with E-state index in [1.807, 2.05) is 35.2 Å². The van der Waals surface area contributed by atoms with Crippen molar-refractivity contribution in [2.24, 2.45) is 5.41 Å². The fourth-order valence-corrected chi connectivity index (χ4v) is 7.86. The van der Waals surface area contributed by atoms with Gasteiger partial charge >= 0.3 is 0 Å². The Morgan fingerprint density at radius 3 is 2.57 bits per heavy atom. The minimum atomic E-state index is -3.55. The van der Waals surface area contributed by atoms with Crippen LogP contribution in [0, 0.1) is 5.41 Å². The Balaban J connectivity index is 1.11. The van der Waals surface area contributed by atoms with Gasteiger partial charge in [0.05, 0.1) is 11.5 Å². The van der Waals surface area contributed by atoms with Gasteiger partial charge in [0.15, 0.2) is 0 Å². The van der Waals surface area contributed by atoms with Gasteiger partial charge in [0.1, 0.15) is 21.9 Å². The maximum atomic E-state index is 13.3. The summed E-state index contributed by atoms with van der Waals surface area (Å²) >= 11 is 1.22. The highest BCUT2D eigenvalue weighted by molar-refractivity contribution is 7.91. The van der Waals surface area contributed by atoms with Gasteiger partial charge in [-0.3, -0.25) is 4.79 Å². The molecule has 2 aromatic heterocycles. The van der Waals surface area contributed by atoms with Crippen LogP contribution >= 0.6 is 11.3 Å². The number of aromatic nitrogens is 1. The molecule has 3 aromatic rings. The number of carbonyl (C=O) groups excluding carboxylic acids is 1. The highest BCUT2D eigenvalue weighted by atomic mass is 32.2. The van der Waals surface area contributed by atoms with Crippen LogP contribution in [0.2, 0.25) is 0 Å². The molecule has 186 valence electrons. The van der Waals surface area contributed by atoms with E-state index in [4.69, 9.17) is 9.26 Å². The monoisotopic (exact) mass is 515 g/mol. The van der Waals surface area contributed by atoms with Crippen LogP contribution in [-0.2, 0) is 14.8 Å².